The number of aromatic nitrogens is 1. The molecule has 0 aliphatic carbocycles. The zero-order valence-electron chi connectivity index (χ0n) is 12.4. The van der Waals surface area contributed by atoms with Crippen molar-refractivity contribution in [2.75, 3.05) is 26.2 Å². The highest BCUT2D eigenvalue weighted by Crippen LogP contribution is 2.11. The molecule has 5 nitrogen and oxygen atoms in total. The fourth-order valence-electron chi connectivity index (χ4n) is 2.55. The molecular weight excluding hydrogens is 264 g/mol. The lowest BCUT2D eigenvalue weighted by atomic mass is 10.1. The molecule has 0 spiro atoms. The summed E-state index contributed by atoms with van der Waals surface area (Å²) in [5.74, 6) is 5.52. The summed E-state index contributed by atoms with van der Waals surface area (Å²) in [7, 11) is 0. The van der Waals surface area contributed by atoms with Gasteiger partial charge in [0.15, 0.2) is 0 Å². The van der Waals surface area contributed by atoms with Crippen molar-refractivity contribution in [3.05, 3.63) is 29.6 Å². The van der Waals surface area contributed by atoms with Crippen molar-refractivity contribution in [1.82, 2.24) is 15.2 Å². The van der Waals surface area contributed by atoms with Crippen molar-refractivity contribution in [2.24, 2.45) is 5.73 Å². The lowest BCUT2D eigenvalue weighted by Crippen LogP contribution is -2.47. The van der Waals surface area contributed by atoms with Crippen LogP contribution in [0.2, 0.25) is 0 Å². The Balaban J connectivity index is 2.06. The Morgan fingerprint density at radius 3 is 3.24 bits per heavy atom. The molecule has 0 radical (unpaired) electrons. The number of nitrogens with zero attached hydrogens (tertiary/aromatic N) is 2. The number of rotatable bonds is 3. The summed E-state index contributed by atoms with van der Waals surface area (Å²) in [5, 5.41) is 3.07. The third-order valence-electron chi connectivity index (χ3n) is 3.64. The average Bonchev–Trinajstić information content (AvgIpc) is 2.53. The number of likely N-dealkylation sites (N-methyl/N-ethyl adjacent to an activating group) is 1. The van der Waals surface area contributed by atoms with Crippen molar-refractivity contribution in [3.8, 4) is 11.8 Å². The maximum Gasteiger partial charge on any atom is 0.271 e. The van der Waals surface area contributed by atoms with Gasteiger partial charge in [-0.3, -0.25) is 4.79 Å². The molecule has 21 heavy (non-hydrogen) atoms. The molecule has 1 fully saturated rings. The quantitative estimate of drug-likeness (QED) is 0.799. The fraction of sp³-hybridized carbons (Fsp3) is 0.500. The summed E-state index contributed by atoms with van der Waals surface area (Å²) < 4.78 is 0. The second-order valence-corrected chi connectivity index (χ2v) is 5.11. The summed E-state index contributed by atoms with van der Waals surface area (Å²) in [6.07, 6.45) is 3.74. The molecule has 112 valence electrons. The Bertz CT molecular complexity index is 547. The highest BCUT2D eigenvalue weighted by Gasteiger charge is 2.22. The smallest absolute Gasteiger partial charge is 0.271 e. The molecule has 1 unspecified atom stereocenters. The second-order valence-electron chi connectivity index (χ2n) is 5.11. The van der Waals surface area contributed by atoms with E-state index < -0.39 is 0 Å². The first-order chi connectivity index (χ1) is 10.2. The standard InChI is InChI=1S/C16H22N4O/c1-2-20-11-5-8-14(12-20)19-16(21)15-13(6-3-9-17)7-4-10-18-15/h4,7,10,14H,2,5,8-9,11-12,17H2,1H3,(H,19,21). The van der Waals surface area contributed by atoms with Gasteiger partial charge in [-0.25, -0.2) is 4.98 Å². The van der Waals surface area contributed by atoms with E-state index in [0.717, 1.165) is 32.5 Å². The normalized spacial score (nSPS) is 18.7. The molecule has 1 saturated heterocycles. The molecule has 0 saturated carbocycles. The van der Waals surface area contributed by atoms with Crippen LogP contribution in [0.15, 0.2) is 18.3 Å². The van der Waals surface area contributed by atoms with E-state index in [1.165, 1.54) is 0 Å². The van der Waals surface area contributed by atoms with Crippen LogP contribution in [0, 0.1) is 11.8 Å². The largest absolute Gasteiger partial charge is 0.347 e. The fourth-order valence-corrected chi connectivity index (χ4v) is 2.55. The lowest BCUT2D eigenvalue weighted by molar-refractivity contribution is 0.0900. The van der Waals surface area contributed by atoms with Crippen LogP contribution in [0.4, 0.5) is 0 Å². The zero-order valence-corrected chi connectivity index (χ0v) is 12.4. The first-order valence-corrected chi connectivity index (χ1v) is 7.41. The maximum absolute atomic E-state index is 12.4. The summed E-state index contributed by atoms with van der Waals surface area (Å²) >= 11 is 0. The summed E-state index contributed by atoms with van der Waals surface area (Å²) in [5.41, 5.74) is 6.39. The van der Waals surface area contributed by atoms with Crippen LogP contribution < -0.4 is 11.1 Å². The third kappa shape index (κ3) is 4.28. The van der Waals surface area contributed by atoms with Gasteiger partial charge in [-0.1, -0.05) is 18.8 Å². The van der Waals surface area contributed by atoms with Gasteiger partial charge in [0.1, 0.15) is 5.69 Å². The molecular formula is C16H22N4O. The van der Waals surface area contributed by atoms with Gasteiger partial charge in [-0.15, -0.1) is 0 Å². The van der Waals surface area contributed by atoms with E-state index in [0.29, 0.717) is 11.3 Å². The minimum absolute atomic E-state index is 0.153. The number of carbonyl (C=O) groups is 1. The van der Waals surface area contributed by atoms with E-state index in [1.807, 2.05) is 0 Å². The van der Waals surface area contributed by atoms with E-state index in [9.17, 15) is 4.79 Å². The molecule has 1 amide bonds. The predicted octanol–water partition coefficient (Wildman–Crippen LogP) is 0.606. The second kappa shape index (κ2) is 7.77. The van der Waals surface area contributed by atoms with Crippen LogP contribution in [-0.2, 0) is 0 Å². The average molecular weight is 286 g/mol. The van der Waals surface area contributed by atoms with E-state index in [-0.39, 0.29) is 18.5 Å². The van der Waals surface area contributed by atoms with Crippen LogP contribution >= 0.6 is 0 Å². The van der Waals surface area contributed by atoms with Gasteiger partial charge in [-0.05, 0) is 38.1 Å². The first kappa shape index (κ1) is 15.5. The maximum atomic E-state index is 12.4. The number of piperidine rings is 1. The number of hydrogen-bond acceptors (Lipinski definition) is 4. The van der Waals surface area contributed by atoms with Crippen LogP contribution in [0.1, 0.15) is 35.8 Å². The number of pyridine rings is 1. The van der Waals surface area contributed by atoms with E-state index in [1.54, 1.807) is 18.3 Å². The molecule has 2 rings (SSSR count). The summed E-state index contributed by atoms with van der Waals surface area (Å²) in [6.45, 7) is 5.44. The molecule has 0 aromatic carbocycles. The van der Waals surface area contributed by atoms with Crippen LogP contribution in [-0.4, -0.2) is 48.0 Å². The number of hydrogen-bond donors (Lipinski definition) is 2. The topological polar surface area (TPSA) is 71.2 Å². The van der Waals surface area contributed by atoms with Crippen LogP contribution in [0.3, 0.4) is 0 Å². The van der Waals surface area contributed by atoms with Gasteiger partial charge in [0.2, 0.25) is 0 Å². The Morgan fingerprint density at radius 1 is 1.62 bits per heavy atom. The lowest BCUT2D eigenvalue weighted by Gasteiger charge is -2.32. The van der Waals surface area contributed by atoms with Gasteiger partial charge in [-0.2, -0.15) is 0 Å². The van der Waals surface area contributed by atoms with E-state index >= 15 is 0 Å². The van der Waals surface area contributed by atoms with E-state index in [2.05, 4.69) is 34.0 Å². The minimum atomic E-state index is -0.153. The minimum Gasteiger partial charge on any atom is -0.347 e. The Hall–Kier alpha value is -1.90. The number of likely N-dealkylation sites (tertiary alicyclic amines) is 1. The van der Waals surface area contributed by atoms with Gasteiger partial charge in [0.25, 0.3) is 5.91 Å². The summed E-state index contributed by atoms with van der Waals surface area (Å²) in [6, 6.07) is 3.75. The van der Waals surface area contributed by atoms with Crippen LogP contribution in [0.5, 0.6) is 0 Å². The molecule has 3 N–H and O–H groups in total. The van der Waals surface area contributed by atoms with Gasteiger partial charge < -0.3 is 16.0 Å². The van der Waals surface area contributed by atoms with Crippen LogP contribution in [0.25, 0.3) is 0 Å². The van der Waals surface area contributed by atoms with Crippen molar-refractivity contribution in [1.29, 1.82) is 0 Å². The number of carbonyl (C=O) groups excluding carboxylic acids is 1. The third-order valence-corrected chi connectivity index (χ3v) is 3.64. The van der Waals surface area contributed by atoms with Gasteiger partial charge >= 0.3 is 0 Å². The Kier molecular flexibility index (Phi) is 5.73. The Labute approximate surface area is 125 Å². The van der Waals surface area contributed by atoms with Crippen molar-refractivity contribution in [2.45, 2.75) is 25.8 Å². The Morgan fingerprint density at radius 2 is 2.48 bits per heavy atom. The molecule has 1 aliphatic heterocycles. The molecule has 5 heteroatoms. The van der Waals surface area contributed by atoms with Gasteiger partial charge in [0, 0.05) is 18.8 Å². The molecule has 1 aromatic rings. The van der Waals surface area contributed by atoms with Gasteiger partial charge in [0.05, 0.1) is 12.1 Å². The molecule has 1 aromatic heterocycles. The first-order valence-electron chi connectivity index (χ1n) is 7.41. The zero-order chi connectivity index (χ0) is 15.1. The van der Waals surface area contributed by atoms with E-state index in [4.69, 9.17) is 5.73 Å². The highest BCUT2D eigenvalue weighted by molar-refractivity contribution is 5.94. The highest BCUT2D eigenvalue weighted by atomic mass is 16.1. The number of amides is 1. The van der Waals surface area contributed by atoms with Crippen molar-refractivity contribution >= 4 is 5.91 Å². The molecule has 0 bridgehead atoms. The number of nitrogens with two attached hydrogens (primary N) is 1. The predicted molar refractivity (Wildman–Crippen MR) is 82.8 cm³/mol. The number of nitrogens with one attached hydrogen (secondary N) is 1. The monoisotopic (exact) mass is 286 g/mol. The summed E-state index contributed by atoms with van der Waals surface area (Å²) in [4.78, 5) is 18.9. The SMILES string of the molecule is CCN1CCCC(NC(=O)c2ncccc2C#CCN)C1. The molecule has 1 atom stereocenters. The van der Waals surface area contributed by atoms with Crippen molar-refractivity contribution in [3.63, 3.8) is 0 Å². The molecule has 1 aliphatic rings. The molecule has 2 heterocycles. The van der Waals surface area contributed by atoms with Crippen molar-refractivity contribution < 1.29 is 4.79 Å².